The van der Waals surface area contributed by atoms with Crippen LogP contribution < -0.4 is 0 Å². The molecule has 3 atom stereocenters. The maximum absolute atomic E-state index is 12.6. The Kier molecular flexibility index (Phi) is 5.14. The fourth-order valence-corrected chi connectivity index (χ4v) is 4.05. The number of carbonyl (C=O) groups is 1. The second-order valence-electron chi connectivity index (χ2n) is 4.89. The molecule has 0 spiro atoms. The Bertz CT molecular complexity index is 444. The van der Waals surface area contributed by atoms with E-state index in [-0.39, 0.29) is 11.9 Å². The summed E-state index contributed by atoms with van der Waals surface area (Å²) in [4.78, 5) is 12.7. The minimum Gasteiger partial charge on any atom is -0.465 e. The van der Waals surface area contributed by atoms with Crippen LogP contribution in [0, 0.1) is 5.92 Å². The molecule has 4 heteroatoms. The molecule has 104 valence electrons. The zero-order chi connectivity index (χ0) is 13.7. The summed E-state index contributed by atoms with van der Waals surface area (Å²) in [5.41, 5.74) is 0. The standard InChI is InChI=1S/C15H20O3S/c1-2-3-7-12-10-11-18-15(16)14(12)19(17)13-8-5-4-6-9-13/h4-6,8-9,12,14H,2-3,7,10-11H2,1H3. The summed E-state index contributed by atoms with van der Waals surface area (Å²) in [5.74, 6) is -0.114. The van der Waals surface area contributed by atoms with Gasteiger partial charge < -0.3 is 4.74 Å². The van der Waals surface area contributed by atoms with Crippen LogP contribution in [0.1, 0.15) is 32.6 Å². The summed E-state index contributed by atoms with van der Waals surface area (Å²) >= 11 is 0. The Morgan fingerprint density at radius 2 is 2.05 bits per heavy atom. The molecule has 1 fully saturated rings. The van der Waals surface area contributed by atoms with Crippen LogP contribution in [0.4, 0.5) is 0 Å². The first kappa shape index (κ1) is 14.3. The highest BCUT2D eigenvalue weighted by Crippen LogP contribution is 2.29. The van der Waals surface area contributed by atoms with Crippen LogP contribution >= 0.6 is 0 Å². The molecule has 1 aliphatic rings. The third-order valence-electron chi connectivity index (χ3n) is 3.53. The highest BCUT2D eigenvalue weighted by atomic mass is 32.2. The molecule has 1 saturated heterocycles. The van der Waals surface area contributed by atoms with Crippen LogP contribution in [0.15, 0.2) is 35.2 Å². The number of carbonyl (C=O) groups excluding carboxylic acids is 1. The summed E-state index contributed by atoms with van der Waals surface area (Å²) in [6.45, 7) is 2.60. The highest BCUT2D eigenvalue weighted by molar-refractivity contribution is 7.86. The lowest BCUT2D eigenvalue weighted by atomic mass is 9.93. The number of unbranched alkanes of at least 4 members (excludes halogenated alkanes) is 1. The van der Waals surface area contributed by atoms with Crippen LogP contribution in [0.2, 0.25) is 0 Å². The van der Waals surface area contributed by atoms with Crippen molar-refractivity contribution in [2.45, 2.75) is 42.8 Å². The van der Waals surface area contributed by atoms with E-state index in [1.54, 1.807) is 0 Å². The first-order valence-electron chi connectivity index (χ1n) is 6.86. The average Bonchev–Trinajstić information content (AvgIpc) is 2.45. The maximum atomic E-state index is 12.6. The zero-order valence-electron chi connectivity index (χ0n) is 11.2. The topological polar surface area (TPSA) is 43.4 Å². The molecular weight excluding hydrogens is 260 g/mol. The predicted octanol–water partition coefficient (Wildman–Crippen LogP) is 2.92. The smallest absolute Gasteiger partial charge is 0.322 e. The lowest BCUT2D eigenvalue weighted by molar-refractivity contribution is -0.148. The van der Waals surface area contributed by atoms with Crippen molar-refractivity contribution in [1.29, 1.82) is 0 Å². The molecule has 0 aromatic heterocycles. The van der Waals surface area contributed by atoms with E-state index >= 15 is 0 Å². The van der Waals surface area contributed by atoms with Crippen LogP contribution in [0.3, 0.4) is 0 Å². The number of ether oxygens (including phenoxy) is 1. The molecule has 3 unspecified atom stereocenters. The number of rotatable bonds is 5. The second kappa shape index (κ2) is 6.85. The van der Waals surface area contributed by atoms with E-state index in [0.717, 1.165) is 25.7 Å². The van der Waals surface area contributed by atoms with Gasteiger partial charge in [-0.1, -0.05) is 38.0 Å². The Labute approximate surface area is 116 Å². The lowest BCUT2D eigenvalue weighted by Crippen LogP contribution is -2.40. The van der Waals surface area contributed by atoms with Gasteiger partial charge in [-0.3, -0.25) is 9.00 Å². The molecule has 0 radical (unpaired) electrons. The molecule has 1 aromatic carbocycles. The fraction of sp³-hybridized carbons (Fsp3) is 0.533. The third-order valence-corrected chi connectivity index (χ3v) is 5.30. The molecule has 0 N–H and O–H groups in total. The van der Waals surface area contributed by atoms with Gasteiger partial charge in [-0.05, 0) is 30.9 Å². The van der Waals surface area contributed by atoms with Gasteiger partial charge in [-0.25, -0.2) is 0 Å². The molecule has 3 nitrogen and oxygen atoms in total. The van der Waals surface area contributed by atoms with Gasteiger partial charge in [0.25, 0.3) is 0 Å². The van der Waals surface area contributed by atoms with Gasteiger partial charge >= 0.3 is 5.97 Å². The van der Waals surface area contributed by atoms with Crippen LogP contribution in [-0.4, -0.2) is 22.0 Å². The van der Waals surface area contributed by atoms with E-state index in [1.807, 2.05) is 30.3 Å². The van der Waals surface area contributed by atoms with Crippen LogP contribution in [-0.2, 0) is 20.3 Å². The van der Waals surface area contributed by atoms with E-state index < -0.39 is 16.0 Å². The van der Waals surface area contributed by atoms with Gasteiger partial charge in [-0.2, -0.15) is 0 Å². The van der Waals surface area contributed by atoms with E-state index in [2.05, 4.69) is 6.92 Å². The van der Waals surface area contributed by atoms with E-state index in [1.165, 1.54) is 0 Å². The Balaban J connectivity index is 2.17. The molecule has 0 bridgehead atoms. The normalized spacial score (nSPS) is 24.8. The molecule has 1 aromatic rings. The van der Waals surface area contributed by atoms with Crippen molar-refractivity contribution in [2.24, 2.45) is 5.92 Å². The second-order valence-corrected chi connectivity index (χ2v) is 6.46. The maximum Gasteiger partial charge on any atom is 0.322 e. The van der Waals surface area contributed by atoms with Crippen molar-refractivity contribution in [3.05, 3.63) is 30.3 Å². The Morgan fingerprint density at radius 1 is 1.32 bits per heavy atom. The van der Waals surface area contributed by atoms with Crippen molar-refractivity contribution in [3.8, 4) is 0 Å². The molecular formula is C15H20O3S. The highest BCUT2D eigenvalue weighted by Gasteiger charge is 2.38. The van der Waals surface area contributed by atoms with Gasteiger partial charge in [-0.15, -0.1) is 0 Å². The quantitative estimate of drug-likeness (QED) is 0.779. The van der Waals surface area contributed by atoms with E-state index in [0.29, 0.717) is 11.5 Å². The first-order valence-corrected chi connectivity index (χ1v) is 8.07. The van der Waals surface area contributed by atoms with Gasteiger partial charge in [0.1, 0.15) is 5.25 Å². The summed E-state index contributed by atoms with van der Waals surface area (Å²) in [5, 5.41) is -0.498. The van der Waals surface area contributed by atoms with Crippen molar-refractivity contribution in [1.82, 2.24) is 0 Å². The van der Waals surface area contributed by atoms with Crippen LogP contribution in [0.25, 0.3) is 0 Å². The molecule has 0 saturated carbocycles. The van der Waals surface area contributed by atoms with Crippen molar-refractivity contribution < 1.29 is 13.7 Å². The predicted molar refractivity (Wildman–Crippen MR) is 75.2 cm³/mol. The summed E-state index contributed by atoms with van der Waals surface area (Å²) in [7, 11) is -1.31. The monoisotopic (exact) mass is 280 g/mol. The van der Waals surface area contributed by atoms with E-state index in [4.69, 9.17) is 4.74 Å². The molecule has 19 heavy (non-hydrogen) atoms. The van der Waals surface area contributed by atoms with Gasteiger partial charge in [0.2, 0.25) is 0 Å². The third kappa shape index (κ3) is 3.44. The average molecular weight is 280 g/mol. The summed E-state index contributed by atoms with van der Waals surface area (Å²) < 4.78 is 17.7. The van der Waals surface area contributed by atoms with Gasteiger partial charge in [0.15, 0.2) is 0 Å². The van der Waals surface area contributed by atoms with Gasteiger partial charge in [0.05, 0.1) is 17.4 Å². The van der Waals surface area contributed by atoms with E-state index in [9.17, 15) is 9.00 Å². The van der Waals surface area contributed by atoms with Crippen molar-refractivity contribution >= 4 is 16.8 Å². The largest absolute Gasteiger partial charge is 0.465 e. The Morgan fingerprint density at radius 3 is 2.74 bits per heavy atom. The number of hydrogen-bond donors (Lipinski definition) is 0. The Hall–Kier alpha value is -1.16. The first-order chi connectivity index (χ1) is 9.24. The number of esters is 1. The lowest BCUT2D eigenvalue weighted by Gasteiger charge is -2.29. The molecule has 0 aliphatic carbocycles. The summed E-state index contributed by atoms with van der Waals surface area (Å²) in [6.07, 6.45) is 3.94. The van der Waals surface area contributed by atoms with Gasteiger partial charge in [0, 0.05) is 4.90 Å². The number of benzene rings is 1. The summed E-state index contributed by atoms with van der Waals surface area (Å²) in [6, 6.07) is 9.21. The van der Waals surface area contributed by atoms with Crippen LogP contribution in [0.5, 0.6) is 0 Å². The number of cyclic esters (lactones) is 1. The fourth-order valence-electron chi connectivity index (χ4n) is 2.46. The molecule has 0 amide bonds. The minimum atomic E-state index is -1.31. The van der Waals surface area contributed by atoms with Crippen molar-refractivity contribution in [2.75, 3.05) is 6.61 Å². The molecule has 1 heterocycles. The number of hydrogen-bond acceptors (Lipinski definition) is 3. The zero-order valence-corrected chi connectivity index (χ0v) is 12.0. The minimum absolute atomic E-state index is 0.183. The SMILES string of the molecule is CCCCC1CCOC(=O)C1S(=O)c1ccccc1. The molecule has 2 rings (SSSR count). The molecule has 1 aliphatic heterocycles. The van der Waals surface area contributed by atoms with Crippen molar-refractivity contribution in [3.63, 3.8) is 0 Å².